The van der Waals surface area contributed by atoms with Crippen LogP contribution in [0.1, 0.15) is 56.8 Å². The molecule has 0 aliphatic rings. The minimum atomic E-state index is -0.691. The maximum Gasteiger partial charge on any atom is 0.251 e. The summed E-state index contributed by atoms with van der Waals surface area (Å²) >= 11 is 0. The van der Waals surface area contributed by atoms with Crippen LogP contribution in [0.2, 0.25) is 0 Å². The van der Waals surface area contributed by atoms with Crippen molar-refractivity contribution in [3.05, 3.63) is 35.9 Å². The number of Topliss-reactive ketones (excluding diaryl/α,β-unsaturated/α-hetero) is 1. The van der Waals surface area contributed by atoms with E-state index >= 15 is 0 Å². The minimum absolute atomic E-state index is 0.0562. The van der Waals surface area contributed by atoms with E-state index in [1.165, 1.54) is 6.92 Å². The van der Waals surface area contributed by atoms with Crippen molar-refractivity contribution in [2.45, 2.75) is 58.5 Å². The van der Waals surface area contributed by atoms with Crippen molar-refractivity contribution in [2.75, 3.05) is 6.54 Å². The molecule has 0 bridgehead atoms. The van der Waals surface area contributed by atoms with Gasteiger partial charge in [0.1, 0.15) is 6.04 Å². The molecule has 0 radical (unpaired) electrons. The largest absolute Gasteiger partial charge is 0.345 e. The zero-order valence-electron chi connectivity index (χ0n) is 16.0. The van der Waals surface area contributed by atoms with Gasteiger partial charge in [-0.25, -0.2) is 0 Å². The fourth-order valence-electron chi connectivity index (χ4n) is 2.65. The van der Waals surface area contributed by atoms with Gasteiger partial charge in [-0.05, 0) is 50.8 Å². The molecule has 0 saturated carbocycles. The van der Waals surface area contributed by atoms with Crippen molar-refractivity contribution < 1.29 is 14.4 Å². The van der Waals surface area contributed by atoms with E-state index in [9.17, 15) is 14.4 Å². The van der Waals surface area contributed by atoms with E-state index in [1.54, 1.807) is 24.3 Å². The van der Waals surface area contributed by atoms with E-state index in [1.807, 2.05) is 19.9 Å². The summed E-state index contributed by atoms with van der Waals surface area (Å²) in [6.07, 6.45) is 2.85. The second kappa shape index (κ2) is 11.4. The topological polar surface area (TPSA) is 101 Å². The van der Waals surface area contributed by atoms with Crippen molar-refractivity contribution in [1.29, 1.82) is 0 Å². The third-order valence-corrected chi connectivity index (χ3v) is 4.57. The van der Waals surface area contributed by atoms with Crippen molar-refractivity contribution >= 4 is 17.6 Å². The summed E-state index contributed by atoms with van der Waals surface area (Å²) in [4.78, 5) is 37.0. The molecule has 0 aliphatic carbocycles. The van der Waals surface area contributed by atoms with E-state index < -0.39 is 12.1 Å². The third-order valence-electron chi connectivity index (χ3n) is 4.57. The molecule has 144 valence electrons. The number of nitrogens with two attached hydrogens (primary N) is 1. The fourth-order valence-corrected chi connectivity index (χ4v) is 2.65. The molecule has 0 aromatic heterocycles. The van der Waals surface area contributed by atoms with Crippen LogP contribution in [0, 0.1) is 5.92 Å². The quantitative estimate of drug-likeness (QED) is 0.525. The van der Waals surface area contributed by atoms with Gasteiger partial charge in [0.2, 0.25) is 5.91 Å². The molecule has 0 heterocycles. The first kappa shape index (κ1) is 21.8. The van der Waals surface area contributed by atoms with Gasteiger partial charge in [0.25, 0.3) is 5.91 Å². The molecular formula is C20H31N3O3. The highest BCUT2D eigenvalue weighted by Gasteiger charge is 2.28. The maximum atomic E-state index is 12.8. The summed E-state index contributed by atoms with van der Waals surface area (Å²) in [6.45, 7) is 5.89. The first-order valence-corrected chi connectivity index (χ1v) is 9.27. The Hall–Kier alpha value is -2.21. The summed E-state index contributed by atoms with van der Waals surface area (Å²) in [5.74, 6) is -0.767. The highest BCUT2D eigenvalue weighted by atomic mass is 16.2. The second-order valence-electron chi connectivity index (χ2n) is 6.66. The Labute approximate surface area is 155 Å². The van der Waals surface area contributed by atoms with E-state index in [-0.39, 0.29) is 23.5 Å². The molecule has 3 unspecified atom stereocenters. The number of hydrogen-bond acceptors (Lipinski definition) is 4. The molecule has 6 nitrogen and oxygen atoms in total. The molecule has 0 saturated heterocycles. The average Bonchev–Trinajstić information content (AvgIpc) is 2.65. The Kier molecular flexibility index (Phi) is 9.58. The van der Waals surface area contributed by atoms with Crippen LogP contribution in [-0.2, 0) is 9.59 Å². The van der Waals surface area contributed by atoms with Gasteiger partial charge in [0.05, 0.1) is 6.04 Å². The Morgan fingerprint density at radius 1 is 1.08 bits per heavy atom. The van der Waals surface area contributed by atoms with Gasteiger partial charge in [-0.3, -0.25) is 14.4 Å². The van der Waals surface area contributed by atoms with E-state index in [0.29, 0.717) is 18.5 Å². The number of hydrogen-bond donors (Lipinski definition) is 3. The highest BCUT2D eigenvalue weighted by molar-refractivity contribution is 5.98. The average molecular weight is 361 g/mol. The van der Waals surface area contributed by atoms with Gasteiger partial charge in [-0.15, -0.1) is 0 Å². The van der Waals surface area contributed by atoms with Gasteiger partial charge in [-0.1, -0.05) is 38.5 Å². The van der Waals surface area contributed by atoms with Gasteiger partial charge in [-0.2, -0.15) is 0 Å². The molecule has 4 N–H and O–H groups in total. The number of benzene rings is 1. The predicted molar refractivity (Wildman–Crippen MR) is 103 cm³/mol. The summed E-state index contributed by atoms with van der Waals surface area (Å²) in [7, 11) is 0. The monoisotopic (exact) mass is 361 g/mol. The summed E-state index contributed by atoms with van der Waals surface area (Å²) < 4.78 is 0. The van der Waals surface area contributed by atoms with Crippen LogP contribution in [0.3, 0.4) is 0 Å². The second-order valence-corrected chi connectivity index (χ2v) is 6.66. The molecule has 0 spiro atoms. The Balaban J connectivity index is 2.81. The lowest BCUT2D eigenvalue weighted by atomic mass is 9.96. The van der Waals surface area contributed by atoms with Crippen LogP contribution in [0.4, 0.5) is 0 Å². The zero-order valence-corrected chi connectivity index (χ0v) is 16.0. The predicted octanol–water partition coefficient (Wildman–Crippen LogP) is 2.03. The van der Waals surface area contributed by atoms with Crippen molar-refractivity contribution in [3.63, 3.8) is 0 Å². The first-order valence-electron chi connectivity index (χ1n) is 9.27. The number of carbonyl (C=O) groups is 3. The number of ketones is 1. The summed E-state index contributed by atoms with van der Waals surface area (Å²) in [6, 6.07) is 7.54. The molecule has 0 fully saturated rings. The van der Waals surface area contributed by atoms with Crippen LogP contribution in [0.5, 0.6) is 0 Å². The number of amides is 2. The molecule has 2 amide bonds. The van der Waals surface area contributed by atoms with Gasteiger partial charge in [0, 0.05) is 5.56 Å². The molecule has 1 aromatic carbocycles. The zero-order chi connectivity index (χ0) is 19.5. The molecule has 26 heavy (non-hydrogen) atoms. The van der Waals surface area contributed by atoms with Crippen molar-refractivity contribution in [1.82, 2.24) is 10.6 Å². The molecular weight excluding hydrogens is 330 g/mol. The molecule has 1 rings (SSSR count). The third kappa shape index (κ3) is 6.96. The smallest absolute Gasteiger partial charge is 0.251 e. The number of nitrogens with one attached hydrogen (secondary N) is 2. The standard InChI is InChI=1S/C20H31N3O3/c1-4-14(2)18(23-19(25)16-10-6-5-7-11-16)20(26)22-17(15(3)24)12-8-9-13-21/h5-7,10-11,14,17-18H,4,8-9,12-13,21H2,1-3H3,(H,22,26)(H,23,25). The normalized spacial score (nSPS) is 14.2. The lowest BCUT2D eigenvalue weighted by Gasteiger charge is -2.26. The summed E-state index contributed by atoms with van der Waals surface area (Å²) in [5, 5.41) is 5.62. The van der Waals surface area contributed by atoms with Gasteiger partial charge >= 0.3 is 0 Å². The van der Waals surface area contributed by atoms with Gasteiger partial charge < -0.3 is 16.4 Å². The Bertz CT molecular complexity index is 589. The van der Waals surface area contributed by atoms with Gasteiger partial charge in [0.15, 0.2) is 5.78 Å². The van der Waals surface area contributed by atoms with E-state index in [4.69, 9.17) is 5.73 Å². The number of unbranched alkanes of at least 4 members (excludes halogenated alkanes) is 1. The maximum absolute atomic E-state index is 12.8. The van der Waals surface area contributed by atoms with Crippen molar-refractivity contribution in [2.24, 2.45) is 11.7 Å². The van der Waals surface area contributed by atoms with Crippen LogP contribution in [-0.4, -0.2) is 36.2 Å². The van der Waals surface area contributed by atoms with Crippen LogP contribution < -0.4 is 16.4 Å². The van der Waals surface area contributed by atoms with Crippen LogP contribution >= 0.6 is 0 Å². The Morgan fingerprint density at radius 3 is 2.27 bits per heavy atom. The molecule has 0 aliphatic heterocycles. The summed E-state index contributed by atoms with van der Waals surface area (Å²) in [5.41, 5.74) is 5.99. The first-order chi connectivity index (χ1) is 12.4. The van der Waals surface area contributed by atoms with E-state index in [0.717, 1.165) is 19.3 Å². The SMILES string of the molecule is CCC(C)C(NC(=O)c1ccccc1)C(=O)NC(CCCCN)C(C)=O. The van der Waals surface area contributed by atoms with Crippen LogP contribution in [0.25, 0.3) is 0 Å². The van der Waals surface area contributed by atoms with Crippen molar-refractivity contribution in [3.8, 4) is 0 Å². The molecule has 1 aromatic rings. The Morgan fingerprint density at radius 2 is 1.73 bits per heavy atom. The highest BCUT2D eigenvalue weighted by Crippen LogP contribution is 2.11. The fraction of sp³-hybridized carbons (Fsp3) is 0.550. The lowest BCUT2D eigenvalue weighted by Crippen LogP contribution is -2.53. The molecule has 3 atom stereocenters. The molecule has 6 heteroatoms. The van der Waals surface area contributed by atoms with Crippen LogP contribution in [0.15, 0.2) is 30.3 Å². The number of rotatable bonds is 11. The minimum Gasteiger partial charge on any atom is -0.345 e. The number of carbonyl (C=O) groups excluding carboxylic acids is 3. The lowest BCUT2D eigenvalue weighted by molar-refractivity contribution is -0.129. The van der Waals surface area contributed by atoms with E-state index in [2.05, 4.69) is 10.6 Å².